The van der Waals surface area contributed by atoms with E-state index in [2.05, 4.69) is 99.0 Å². The van der Waals surface area contributed by atoms with Gasteiger partial charge in [0, 0.05) is 97.6 Å². The van der Waals surface area contributed by atoms with Crippen molar-refractivity contribution in [1.82, 2.24) is 25.3 Å². The van der Waals surface area contributed by atoms with Gasteiger partial charge in [0.25, 0.3) is 0 Å². The van der Waals surface area contributed by atoms with E-state index in [4.69, 9.17) is 4.21 Å². The molecule has 0 aliphatic carbocycles. The normalized spacial score (nSPS) is 16.7. The van der Waals surface area contributed by atoms with Crippen molar-refractivity contribution in [3.8, 4) is 0 Å². The van der Waals surface area contributed by atoms with Crippen LogP contribution in [0.4, 0.5) is 65.9 Å². The van der Waals surface area contributed by atoms with Gasteiger partial charge in [-0.1, -0.05) is 205 Å². The molecule has 0 aromatic heterocycles. The van der Waals surface area contributed by atoms with E-state index in [-0.39, 0.29) is 41.7 Å². The first kappa shape index (κ1) is 94.0. The third-order valence-corrected chi connectivity index (χ3v) is 19.4. The van der Waals surface area contributed by atoms with Gasteiger partial charge in [0.05, 0.1) is 33.4 Å². The monoisotopic (exact) mass is 1690 g/mol. The van der Waals surface area contributed by atoms with Gasteiger partial charge in [0.15, 0.2) is 0 Å². The molecular formula is C82H90BrCl3F15N5O3S. The van der Waals surface area contributed by atoms with Crippen molar-refractivity contribution in [2.75, 3.05) is 65.4 Å². The fourth-order valence-corrected chi connectivity index (χ4v) is 13.8. The Bertz CT molecular complexity index is 3980. The molecule has 8 nitrogen and oxygen atoms in total. The minimum atomic E-state index is -4.45. The van der Waals surface area contributed by atoms with Crippen LogP contribution >= 0.6 is 49.7 Å². The summed E-state index contributed by atoms with van der Waals surface area (Å²) in [5, 5.41) is 17.2. The highest BCUT2D eigenvalue weighted by Gasteiger charge is 2.43. The van der Waals surface area contributed by atoms with E-state index >= 15 is 0 Å². The van der Waals surface area contributed by atoms with Gasteiger partial charge >= 0.3 is 30.9 Å². The van der Waals surface area contributed by atoms with E-state index in [1.165, 1.54) is 71.3 Å². The molecule has 3 N–H and O–H groups in total. The van der Waals surface area contributed by atoms with Crippen molar-refractivity contribution in [3.05, 3.63) is 290 Å². The van der Waals surface area contributed by atoms with Crippen molar-refractivity contribution < 1.29 is 80.0 Å². The Kier molecular flexibility index (Phi) is 38.7. The number of aliphatic hydroxyl groups is 1. The number of Topliss-reactive ketones (excluding diaryl/α,β-unsaturated/α-hetero) is 1. The van der Waals surface area contributed by atoms with Gasteiger partial charge in [-0.3, -0.25) is 19.5 Å². The Morgan fingerprint density at radius 3 is 1.12 bits per heavy atom. The standard InChI is InChI=1S/C19H20F3NO.C19H18F3N.2C12H14F3N.C12H15NO.C7H4BrF3.CH4.Cl2OS.ClH/c20-19(21,22)17-9-5-4-8-16(17)18(24)10-12-23(13-11-18)14-15-6-2-1-3-7-15;20-19(21,22)18-9-5-4-8-17(18)16-10-12-23(13-11-16)14-15-6-2-1-3-7-15;2*13-12(14,15)11-4-2-1-3-10(11)9-5-7-16-8-6-9;14-12-6-8-13(9-7-12)10-11-4-2-1-3-5-11;8-6-4-2-1-3-5(6)7(9,10)11;;1-4(2)3;/h1-9,24H,10-14H2;1-10H,11-14H2;2*1-4,9,16H,5-8H2;1-5H,6-10H2;1-4H;1H4;;1H. The molecule has 5 aliphatic rings. The zero-order valence-electron chi connectivity index (χ0n) is 59.2. The number of carbonyl (C=O) groups excluding carboxylic acids is 1. The quantitative estimate of drug-likeness (QED) is 0.0922. The molecule has 0 bridgehead atoms. The number of benzene rings is 8. The molecule has 8 aromatic rings. The minimum absolute atomic E-state index is 0. The molecule has 0 unspecified atom stereocenters. The smallest absolute Gasteiger partial charge is 0.385 e. The average Bonchev–Trinajstić information content (AvgIpc) is 0.744. The summed E-state index contributed by atoms with van der Waals surface area (Å²) >= 11 is 2.81. The molecule has 5 aliphatic heterocycles. The van der Waals surface area contributed by atoms with E-state index in [9.17, 15) is 75.8 Å². The van der Waals surface area contributed by atoms with Gasteiger partial charge in [-0.15, -0.1) is 12.4 Å². The van der Waals surface area contributed by atoms with Crippen LogP contribution in [0.2, 0.25) is 0 Å². The number of halogens is 19. The molecule has 600 valence electrons. The second kappa shape index (κ2) is 45.3. The Hall–Kier alpha value is -6.62. The molecule has 0 saturated carbocycles. The van der Waals surface area contributed by atoms with Crippen LogP contribution in [0, 0.1) is 0 Å². The highest BCUT2D eigenvalue weighted by Crippen LogP contribution is 2.44. The number of rotatable bonds is 10. The predicted octanol–water partition coefficient (Wildman–Crippen LogP) is 22.9. The van der Waals surface area contributed by atoms with Gasteiger partial charge < -0.3 is 15.7 Å². The number of carbonyl (C=O) groups is 1. The van der Waals surface area contributed by atoms with Gasteiger partial charge in [0.2, 0.25) is 9.23 Å². The Morgan fingerprint density at radius 2 is 0.745 bits per heavy atom. The lowest BCUT2D eigenvalue weighted by Crippen LogP contribution is -2.43. The van der Waals surface area contributed by atoms with E-state index in [1.54, 1.807) is 48.5 Å². The molecule has 110 heavy (non-hydrogen) atoms. The fraction of sp³-hybridized carbons (Fsp3) is 0.378. The zero-order chi connectivity index (χ0) is 78.6. The summed E-state index contributed by atoms with van der Waals surface area (Å²) in [7, 11) is 7.36. The highest BCUT2D eigenvalue weighted by molar-refractivity contribution is 9.10. The second-order valence-corrected chi connectivity index (χ2v) is 29.6. The van der Waals surface area contributed by atoms with Crippen molar-refractivity contribution in [2.45, 2.75) is 133 Å². The Labute approximate surface area is 659 Å². The third kappa shape index (κ3) is 31.4. The predicted molar refractivity (Wildman–Crippen MR) is 414 cm³/mol. The van der Waals surface area contributed by atoms with Crippen molar-refractivity contribution >= 4 is 70.3 Å². The molecule has 0 spiro atoms. The number of ketones is 1. The topological polar surface area (TPSA) is 88.2 Å². The maximum absolute atomic E-state index is 13.2. The summed E-state index contributed by atoms with van der Waals surface area (Å²) < 4.78 is 201. The lowest BCUT2D eigenvalue weighted by atomic mass is 9.81. The van der Waals surface area contributed by atoms with E-state index in [0.29, 0.717) is 61.4 Å². The van der Waals surface area contributed by atoms with Gasteiger partial charge in [-0.05, 0) is 164 Å². The number of hydrogen-bond donors (Lipinski definition) is 3. The molecule has 0 radical (unpaired) electrons. The summed E-state index contributed by atoms with van der Waals surface area (Å²) in [5.74, 6) is 0.493. The molecule has 0 atom stereocenters. The number of nitrogens with zero attached hydrogens (tertiary/aromatic N) is 3. The number of alkyl halides is 15. The van der Waals surface area contributed by atoms with Crippen LogP contribution in [-0.4, -0.2) is 95.2 Å². The van der Waals surface area contributed by atoms with Crippen molar-refractivity contribution in [2.24, 2.45) is 0 Å². The average molecular weight is 1700 g/mol. The maximum Gasteiger partial charge on any atom is 0.417 e. The van der Waals surface area contributed by atoms with Crippen LogP contribution in [0.25, 0.3) is 5.57 Å². The van der Waals surface area contributed by atoms with Gasteiger partial charge in [-0.25, -0.2) is 4.21 Å². The van der Waals surface area contributed by atoms with Crippen LogP contribution in [0.15, 0.2) is 223 Å². The molecular weight excluding hydrogens is 1610 g/mol. The lowest BCUT2D eigenvalue weighted by Gasteiger charge is -2.39. The van der Waals surface area contributed by atoms with Crippen LogP contribution < -0.4 is 10.6 Å². The number of likely N-dealkylation sites (tertiary alicyclic amines) is 2. The van der Waals surface area contributed by atoms with Crippen LogP contribution in [0.5, 0.6) is 0 Å². The summed E-state index contributed by atoms with van der Waals surface area (Å²) in [6.07, 6.45) is -13.7. The number of hydrogen-bond acceptors (Lipinski definition) is 8. The summed E-state index contributed by atoms with van der Waals surface area (Å²) in [4.78, 5) is 17.8. The first-order chi connectivity index (χ1) is 51.2. The third-order valence-electron chi connectivity index (χ3n) is 18.7. The van der Waals surface area contributed by atoms with E-state index < -0.39 is 73.5 Å². The molecule has 8 aromatic carbocycles. The summed E-state index contributed by atoms with van der Waals surface area (Å²) in [6, 6.07) is 58.8. The molecule has 13 rings (SSSR count). The van der Waals surface area contributed by atoms with Gasteiger partial charge in [-0.2, -0.15) is 65.9 Å². The zero-order valence-corrected chi connectivity index (χ0v) is 64.0. The second-order valence-electron chi connectivity index (χ2n) is 26.3. The number of nitrogens with one attached hydrogen (secondary N) is 2. The molecule has 28 heteroatoms. The lowest BCUT2D eigenvalue weighted by molar-refractivity contribution is -0.142. The Morgan fingerprint density at radius 1 is 0.427 bits per heavy atom. The van der Waals surface area contributed by atoms with Crippen molar-refractivity contribution in [1.29, 1.82) is 0 Å². The van der Waals surface area contributed by atoms with Crippen LogP contribution in [0.3, 0.4) is 0 Å². The fourth-order valence-electron chi connectivity index (χ4n) is 13.3. The first-order valence-electron chi connectivity index (χ1n) is 35.0. The van der Waals surface area contributed by atoms with Gasteiger partial charge in [0.1, 0.15) is 5.78 Å². The largest absolute Gasteiger partial charge is 0.417 e. The summed E-state index contributed by atoms with van der Waals surface area (Å²) in [6.45, 7) is 10.2. The Balaban J connectivity index is 0.000000237. The highest BCUT2D eigenvalue weighted by atomic mass is 79.9. The molecule has 5 heterocycles. The number of piperidine rings is 4. The first-order valence-corrected chi connectivity index (χ1v) is 38.6. The van der Waals surface area contributed by atoms with E-state index in [0.717, 1.165) is 128 Å². The van der Waals surface area contributed by atoms with E-state index in [1.807, 2.05) is 60.7 Å². The summed E-state index contributed by atoms with van der Waals surface area (Å²) in [5.41, 5.74) is 1.47. The van der Waals surface area contributed by atoms with Crippen molar-refractivity contribution in [3.63, 3.8) is 0 Å². The molecule has 4 fully saturated rings. The SMILES string of the molecule is C.Cl.FC(F)(F)c1ccccc1Br.FC(F)(F)c1ccccc1C1=CCN(Cc2ccccc2)CC1.FC(F)(F)c1ccccc1C1CCNCC1.FC(F)(F)c1ccccc1C1CCNCC1.O=C1CCN(Cc2ccccc2)CC1.O=S(Cl)Cl.OC1(c2ccccc2C(F)(F)F)CCN(Cc2ccccc2)CC1. The van der Waals surface area contributed by atoms with Crippen LogP contribution in [0.1, 0.15) is 144 Å². The molecule has 4 saturated heterocycles. The molecule has 0 amide bonds. The maximum atomic E-state index is 13.2. The van der Waals surface area contributed by atoms with Crippen LogP contribution in [-0.2, 0) is 70.1 Å². The minimum Gasteiger partial charge on any atom is -0.385 e.